The first-order valence-corrected chi connectivity index (χ1v) is 8.19. The van der Waals surface area contributed by atoms with Crippen LogP contribution in [0.3, 0.4) is 0 Å². The van der Waals surface area contributed by atoms with Gasteiger partial charge < -0.3 is 5.73 Å². The molecule has 108 valence electrons. The van der Waals surface area contributed by atoms with Gasteiger partial charge in [0.25, 0.3) is 0 Å². The molecule has 0 saturated carbocycles. The van der Waals surface area contributed by atoms with Crippen molar-refractivity contribution in [3.63, 3.8) is 0 Å². The van der Waals surface area contributed by atoms with Crippen LogP contribution in [0.5, 0.6) is 0 Å². The highest BCUT2D eigenvalue weighted by molar-refractivity contribution is 7.89. The molecule has 1 aromatic rings. The van der Waals surface area contributed by atoms with Crippen LogP contribution in [0.4, 0.5) is 0 Å². The largest absolute Gasteiger partial charge is 0.326 e. The third kappa shape index (κ3) is 3.78. The van der Waals surface area contributed by atoms with Gasteiger partial charge >= 0.3 is 0 Å². The van der Waals surface area contributed by atoms with Crippen LogP contribution in [0, 0.1) is 0 Å². The molecule has 0 amide bonds. The number of rotatable bonds is 7. The van der Waals surface area contributed by atoms with Gasteiger partial charge in [0, 0.05) is 20.1 Å². The molecule has 0 aliphatic rings. The molecule has 5 heteroatoms. The van der Waals surface area contributed by atoms with Crippen LogP contribution in [-0.2, 0) is 23.0 Å². The summed E-state index contributed by atoms with van der Waals surface area (Å²) in [5.41, 5.74) is 7.30. The van der Waals surface area contributed by atoms with Gasteiger partial charge in [-0.15, -0.1) is 0 Å². The monoisotopic (exact) mass is 284 g/mol. The molecule has 0 spiro atoms. The molecule has 19 heavy (non-hydrogen) atoms. The Bertz CT molecular complexity index is 512. The van der Waals surface area contributed by atoms with Crippen LogP contribution in [0.15, 0.2) is 23.1 Å². The van der Waals surface area contributed by atoms with E-state index in [-0.39, 0.29) is 0 Å². The number of benzene rings is 1. The quantitative estimate of drug-likeness (QED) is 0.834. The highest BCUT2D eigenvalue weighted by Crippen LogP contribution is 2.22. The maximum absolute atomic E-state index is 12.6. The summed E-state index contributed by atoms with van der Waals surface area (Å²) in [4.78, 5) is 0.400. The minimum atomic E-state index is -3.41. The molecule has 2 N–H and O–H groups in total. The van der Waals surface area contributed by atoms with Crippen molar-refractivity contribution >= 4 is 10.0 Å². The summed E-state index contributed by atoms with van der Waals surface area (Å²) in [6.45, 7) is 4.91. The van der Waals surface area contributed by atoms with Gasteiger partial charge in [-0.05, 0) is 30.0 Å². The first-order chi connectivity index (χ1) is 8.97. The van der Waals surface area contributed by atoms with Crippen LogP contribution in [0.25, 0.3) is 0 Å². The number of nitrogens with zero attached hydrogens (tertiary/aromatic N) is 1. The Hall–Kier alpha value is -0.910. The Kier molecular flexibility index (Phi) is 5.97. The SMILES string of the molecule is CCCCN(C)S(=O)(=O)c1cc(CN)ccc1CC. The van der Waals surface area contributed by atoms with Crippen LogP contribution in [0.2, 0.25) is 0 Å². The van der Waals surface area contributed by atoms with Gasteiger partial charge in [0.05, 0.1) is 4.90 Å². The molecule has 4 nitrogen and oxygen atoms in total. The van der Waals surface area contributed by atoms with Crippen LogP contribution in [0.1, 0.15) is 37.8 Å². The number of nitrogens with two attached hydrogens (primary N) is 1. The van der Waals surface area contributed by atoms with E-state index in [1.165, 1.54) is 4.31 Å². The minimum absolute atomic E-state index is 0.352. The van der Waals surface area contributed by atoms with Crippen molar-refractivity contribution in [2.24, 2.45) is 5.73 Å². The van der Waals surface area contributed by atoms with Crippen molar-refractivity contribution in [2.75, 3.05) is 13.6 Å². The van der Waals surface area contributed by atoms with E-state index in [4.69, 9.17) is 5.73 Å². The summed E-state index contributed by atoms with van der Waals surface area (Å²) in [6.07, 6.45) is 2.54. The first-order valence-electron chi connectivity index (χ1n) is 6.75. The molecule has 1 rings (SSSR count). The van der Waals surface area contributed by atoms with Gasteiger partial charge in [-0.3, -0.25) is 0 Å². The predicted octanol–water partition coefficient (Wildman–Crippen LogP) is 2.13. The van der Waals surface area contributed by atoms with Crippen LogP contribution >= 0.6 is 0 Å². The number of hydrogen-bond donors (Lipinski definition) is 1. The summed E-state index contributed by atoms with van der Waals surface area (Å²) >= 11 is 0. The lowest BCUT2D eigenvalue weighted by Gasteiger charge is -2.19. The van der Waals surface area contributed by atoms with Crippen LogP contribution < -0.4 is 5.73 Å². The molecule has 0 unspecified atom stereocenters. The second kappa shape index (κ2) is 7.03. The summed E-state index contributed by atoms with van der Waals surface area (Å²) in [6, 6.07) is 5.46. The molecule has 0 saturated heterocycles. The molecule has 1 aromatic carbocycles. The smallest absolute Gasteiger partial charge is 0.243 e. The summed E-state index contributed by atoms with van der Waals surface area (Å²) in [5.74, 6) is 0. The lowest BCUT2D eigenvalue weighted by Crippen LogP contribution is -2.28. The molecule has 0 heterocycles. The number of unbranched alkanes of at least 4 members (excludes halogenated alkanes) is 1. The van der Waals surface area contributed by atoms with E-state index in [0.29, 0.717) is 24.4 Å². The Morgan fingerprint density at radius 2 is 1.95 bits per heavy atom. The van der Waals surface area contributed by atoms with Crippen molar-refractivity contribution in [3.8, 4) is 0 Å². The molecule has 0 aromatic heterocycles. The molecular formula is C14H24N2O2S. The molecule has 0 atom stereocenters. The fourth-order valence-electron chi connectivity index (χ4n) is 1.93. The van der Waals surface area contributed by atoms with E-state index >= 15 is 0 Å². The summed E-state index contributed by atoms with van der Waals surface area (Å²) in [7, 11) is -1.77. The standard InChI is InChI=1S/C14H24N2O2S/c1-4-6-9-16(3)19(17,18)14-10-12(11-15)7-8-13(14)5-2/h7-8,10H,4-6,9,11,15H2,1-3H3. The van der Waals surface area contributed by atoms with E-state index < -0.39 is 10.0 Å². The minimum Gasteiger partial charge on any atom is -0.326 e. The summed E-state index contributed by atoms with van der Waals surface area (Å²) < 4.78 is 26.6. The van der Waals surface area contributed by atoms with Crippen molar-refractivity contribution in [1.29, 1.82) is 0 Å². The third-order valence-corrected chi connectivity index (χ3v) is 5.20. The van der Waals surface area contributed by atoms with Gasteiger partial charge in [-0.1, -0.05) is 32.4 Å². The van der Waals surface area contributed by atoms with Crippen molar-refractivity contribution in [1.82, 2.24) is 4.31 Å². The molecule has 0 bridgehead atoms. The Balaban J connectivity index is 3.18. The molecular weight excluding hydrogens is 260 g/mol. The van der Waals surface area contributed by atoms with E-state index in [1.54, 1.807) is 13.1 Å². The van der Waals surface area contributed by atoms with Gasteiger partial charge in [0.1, 0.15) is 0 Å². The molecule has 0 radical (unpaired) electrons. The zero-order valence-electron chi connectivity index (χ0n) is 12.0. The van der Waals surface area contributed by atoms with E-state index in [2.05, 4.69) is 0 Å². The highest BCUT2D eigenvalue weighted by Gasteiger charge is 2.23. The molecule has 0 aliphatic carbocycles. The Morgan fingerprint density at radius 1 is 1.26 bits per heavy atom. The average molecular weight is 284 g/mol. The highest BCUT2D eigenvalue weighted by atomic mass is 32.2. The normalized spacial score (nSPS) is 12.1. The van der Waals surface area contributed by atoms with Gasteiger partial charge in [-0.25, -0.2) is 12.7 Å². The first kappa shape index (κ1) is 16.1. The van der Waals surface area contributed by atoms with E-state index in [1.807, 2.05) is 26.0 Å². The Labute approximate surface area is 116 Å². The van der Waals surface area contributed by atoms with Gasteiger partial charge in [-0.2, -0.15) is 0 Å². The van der Waals surface area contributed by atoms with Gasteiger partial charge in [0.2, 0.25) is 10.0 Å². The zero-order valence-corrected chi connectivity index (χ0v) is 12.8. The summed E-state index contributed by atoms with van der Waals surface area (Å²) in [5, 5.41) is 0. The number of aryl methyl sites for hydroxylation is 1. The van der Waals surface area contributed by atoms with E-state index in [9.17, 15) is 8.42 Å². The number of sulfonamides is 1. The second-order valence-corrected chi connectivity index (χ2v) is 6.69. The van der Waals surface area contributed by atoms with Crippen molar-refractivity contribution < 1.29 is 8.42 Å². The Morgan fingerprint density at radius 3 is 2.47 bits per heavy atom. The lowest BCUT2D eigenvalue weighted by molar-refractivity contribution is 0.458. The fraction of sp³-hybridized carbons (Fsp3) is 0.571. The molecule has 0 fully saturated rings. The maximum Gasteiger partial charge on any atom is 0.243 e. The lowest BCUT2D eigenvalue weighted by atomic mass is 10.1. The predicted molar refractivity (Wildman–Crippen MR) is 78.4 cm³/mol. The van der Waals surface area contributed by atoms with Crippen LogP contribution in [-0.4, -0.2) is 26.3 Å². The average Bonchev–Trinajstić information content (AvgIpc) is 2.43. The second-order valence-electron chi connectivity index (χ2n) is 4.68. The maximum atomic E-state index is 12.6. The van der Waals surface area contributed by atoms with Gasteiger partial charge in [0.15, 0.2) is 0 Å². The topological polar surface area (TPSA) is 63.4 Å². The van der Waals surface area contributed by atoms with Crippen molar-refractivity contribution in [2.45, 2.75) is 44.6 Å². The fourth-order valence-corrected chi connectivity index (χ4v) is 3.48. The van der Waals surface area contributed by atoms with E-state index in [0.717, 1.165) is 24.0 Å². The van der Waals surface area contributed by atoms with Crippen molar-refractivity contribution in [3.05, 3.63) is 29.3 Å². The third-order valence-electron chi connectivity index (χ3n) is 3.26. The number of hydrogen-bond acceptors (Lipinski definition) is 3. The molecule has 0 aliphatic heterocycles. The zero-order chi connectivity index (χ0) is 14.5.